The molecule has 1 heterocycles. The average Bonchev–Trinajstić information content (AvgIpc) is 2.92. The molecular weight excluding hydrogens is 268 g/mol. The molecule has 112 valence electrons. The molecule has 1 amide bonds. The summed E-state index contributed by atoms with van der Waals surface area (Å²) < 4.78 is 0. The first-order chi connectivity index (χ1) is 10.1. The largest absolute Gasteiger partial charge is 0.481 e. The monoisotopic (exact) mass is 288 g/mol. The maximum Gasteiger partial charge on any atom is 0.306 e. The minimum absolute atomic E-state index is 0.0474. The van der Waals surface area contributed by atoms with Gasteiger partial charge in [0, 0.05) is 18.3 Å². The van der Waals surface area contributed by atoms with Crippen LogP contribution in [-0.4, -0.2) is 29.6 Å². The zero-order valence-corrected chi connectivity index (χ0v) is 11.8. The quantitative estimate of drug-likeness (QED) is 0.794. The highest BCUT2D eigenvalue weighted by molar-refractivity contribution is 5.88. The lowest BCUT2D eigenvalue weighted by Gasteiger charge is -2.27. The third kappa shape index (κ3) is 2.86. The van der Waals surface area contributed by atoms with Crippen LogP contribution in [0.2, 0.25) is 0 Å². The van der Waals surface area contributed by atoms with Gasteiger partial charge in [0.2, 0.25) is 5.91 Å². The Morgan fingerprint density at radius 2 is 1.86 bits per heavy atom. The van der Waals surface area contributed by atoms with Gasteiger partial charge in [-0.05, 0) is 37.3 Å². The van der Waals surface area contributed by atoms with E-state index in [1.165, 1.54) is 0 Å². The number of carboxylic acids is 1. The second-order valence-corrected chi connectivity index (χ2v) is 5.92. The minimum Gasteiger partial charge on any atom is -0.481 e. The van der Waals surface area contributed by atoms with Crippen LogP contribution in [-0.2, 0) is 9.59 Å². The van der Waals surface area contributed by atoms with E-state index < -0.39 is 5.97 Å². The fourth-order valence-corrected chi connectivity index (χ4v) is 3.30. The number of para-hydroxylation sites is 1. The smallest absolute Gasteiger partial charge is 0.306 e. The van der Waals surface area contributed by atoms with E-state index in [1.807, 2.05) is 24.3 Å². The maximum absolute atomic E-state index is 12.4. The predicted octanol–water partition coefficient (Wildman–Crippen LogP) is 1.96. The van der Waals surface area contributed by atoms with Gasteiger partial charge < -0.3 is 15.7 Å². The van der Waals surface area contributed by atoms with Crippen molar-refractivity contribution in [1.29, 1.82) is 0 Å². The maximum atomic E-state index is 12.4. The van der Waals surface area contributed by atoms with Gasteiger partial charge in [-0.15, -0.1) is 0 Å². The molecule has 3 N–H and O–H groups in total. The Balaban J connectivity index is 1.57. The van der Waals surface area contributed by atoms with Crippen molar-refractivity contribution >= 4 is 17.6 Å². The number of benzene rings is 1. The number of carboxylic acid groups (broad SMARTS) is 1. The van der Waals surface area contributed by atoms with Crippen molar-refractivity contribution in [2.45, 2.75) is 37.6 Å². The number of hydrogen-bond acceptors (Lipinski definition) is 3. The molecular formula is C16H20N2O3. The molecule has 1 unspecified atom stereocenters. The van der Waals surface area contributed by atoms with E-state index in [2.05, 4.69) is 10.6 Å². The van der Waals surface area contributed by atoms with E-state index in [9.17, 15) is 9.59 Å². The van der Waals surface area contributed by atoms with Crippen LogP contribution >= 0.6 is 0 Å². The standard InChI is InChI=1S/C16H20N2O3/c19-15(13-9-17-14-4-2-1-3-12(13)14)18-11-7-5-10(6-8-11)16(20)21/h1-4,10-11,13,17H,5-9H2,(H,18,19)(H,20,21). The summed E-state index contributed by atoms with van der Waals surface area (Å²) in [6.45, 7) is 0.635. The second kappa shape index (κ2) is 5.76. The summed E-state index contributed by atoms with van der Waals surface area (Å²) in [7, 11) is 0. The third-order valence-corrected chi connectivity index (χ3v) is 4.57. The van der Waals surface area contributed by atoms with Gasteiger partial charge in [-0.2, -0.15) is 0 Å². The Labute approximate surface area is 123 Å². The summed E-state index contributed by atoms with van der Waals surface area (Å²) in [5.74, 6) is -1.05. The molecule has 0 bridgehead atoms. The highest BCUT2D eigenvalue weighted by Crippen LogP contribution is 2.32. The number of aliphatic carboxylic acids is 1. The lowest BCUT2D eigenvalue weighted by molar-refractivity contribution is -0.142. The van der Waals surface area contributed by atoms with Crippen molar-refractivity contribution in [3.63, 3.8) is 0 Å². The molecule has 0 saturated heterocycles. The molecule has 1 fully saturated rings. The van der Waals surface area contributed by atoms with Crippen LogP contribution in [0, 0.1) is 5.92 Å². The Morgan fingerprint density at radius 3 is 2.57 bits per heavy atom. The second-order valence-electron chi connectivity index (χ2n) is 5.92. The Kier molecular flexibility index (Phi) is 3.82. The van der Waals surface area contributed by atoms with Crippen molar-refractivity contribution < 1.29 is 14.7 Å². The van der Waals surface area contributed by atoms with Gasteiger partial charge in [-0.25, -0.2) is 0 Å². The molecule has 3 rings (SSSR count). The van der Waals surface area contributed by atoms with Crippen LogP contribution in [0.3, 0.4) is 0 Å². The molecule has 1 aliphatic heterocycles. The van der Waals surface area contributed by atoms with Crippen molar-refractivity contribution in [1.82, 2.24) is 5.32 Å². The molecule has 21 heavy (non-hydrogen) atoms. The van der Waals surface area contributed by atoms with E-state index in [0.29, 0.717) is 19.4 Å². The molecule has 5 nitrogen and oxygen atoms in total. The SMILES string of the molecule is O=C(O)C1CCC(NC(=O)C2CNc3ccccc32)CC1. The average molecular weight is 288 g/mol. The first-order valence-electron chi connectivity index (χ1n) is 7.51. The van der Waals surface area contributed by atoms with Gasteiger partial charge in [0.1, 0.15) is 0 Å². The summed E-state index contributed by atoms with van der Waals surface area (Å²) in [4.78, 5) is 23.4. The fourth-order valence-electron chi connectivity index (χ4n) is 3.30. The molecule has 1 atom stereocenters. The summed E-state index contributed by atoms with van der Waals surface area (Å²) >= 11 is 0. The van der Waals surface area contributed by atoms with E-state index in [4.69, 9.17) is 5.11 Å². The molecule has 1 aromatic carbocycles. The summed E-state index contributed by atoms with van der Waals surface area (Å²) in [6.07, 6.45) is 2.81. The van der Waals surface area contributed by atoms with Crippen molar-refractivity contribution in [3.8, 4) is 0 Å². The van der Waals surface area contributed by atoms with Gasteiger partial charge in [-0.3, -0.25) is 9.59 Å². The molecule has 5 heteroatoms. The van der Waals surface area contributed by atoms with Crippen LogP contribution in [0.25, 0.3) is 0 Å². The summed E-state index contributed by atoms with van der Waals surface area (Å²) in [5, 5.41) is 15.3. The lowest BCUT2D eigenvalue weighted by atomic mass is 9.86. The summed E-state index contributed by atoms with van der Waals surface area (Å²) in [6, 6.07) is 7.99. The number of anilines is 1. The molecule has 1 aromatic rings. The number of nitrogens with one attached hydrogen (secondary N) is 2. The van der Waals surface area contributed by atoms with E-state index >= 15 is 0 Å². The number of carbonyl (C=O) groups is 2. The zero-order valence-electron chi connectivity index (χ0n) is 11.8. The van der Waals surface area contributed by atoms with Gasteiger partial charge in [0.25, 0.3) is 0 Å². The van der Waals surface area contributed by atoms with Crippen molar-refractivity contribution in [3.05, 3.63) is 29.8 Å². The molecule has 1 aliphatic carbocycles. The third-order valence-electron chi connectivity index (χ3n) is 4.57. The van der Waals surface area contributed by atoms with Crippen molar-refractivity contribution in [2.75, 3.05) is 11.9 Å². The van der Waals surface area contributed by atoms with E-state index in [0.717, 1.165) is 24.1 Å². The predicted molar refractivity (Wildman–Crippen MR) is 79.2 cm³/mol. The number of amides is 1. The van der Waals surface area contributed by atoms with Gasteiger partial charge in [0.15, 0.2) is 0 Å². The highest BCUT2D eigenvalue weighted by Gasteiger charge is 2.31. The number of carbonyl (C=O) groups excluding carboxylic acids is 1. The molecule has 0 spiro atoms. The number of hydrogen-bond donors (Lipinski definition) is 3. The first-order valence-corrected chi connectivity index (χ1v) is 7.51. The number of rotatable bonds is 3. The molecule has 1 saturated carbocycles. The van der Waals surface area contributed by atoms with Crippen LogP contribution in [0.15, 0.2) is 24.3 Å². The van der Waals surface area contributed by atoms with Crippen LogP contribution in [0.4, 0.5) is 5.69 Å². The fraction of sp³-hybridized carbons (Fsp3) is 0.500. The van der Waals surface area contributed by atoms with Gasteiger partial charge in [-0.1, -0.05) is 18.2 Å². The first kappa shape index (κ1) is 13.9. The van der Waals surface area contributed by atoms with Crippen LogP contribution < -0.4 is 10.6 Å². The molecule has 2 aliphatic rings. The zero-order chi connectivity index (χ0) is 14.8. The Hall–Kier alpha value is -2.04. The number of fused-ring (bicyclic) bond motifs is 1. The molecule has 0 aromatic heterocycles. The van der Waals surface area contributed by atoms with E-state index in [-0.39, 0.29) is 23.8 Å². The Morgan fingerprint density at radius 1 is 1.14 bits per heavy atom. The minimum atomic E-state index is -0.714. The Bertz CT molecular complexity index is 550. The normalized spacial score (nSPS) is 27.5. The van der Waals surface area contributed by atoms with E-state index in [1.54, 1.807) is 0 Å². The van der Waals surface area contributed by atoms with Gasteiger partial charge in [0.05, 0.1) is 11.8 Å². The molecule has 0 radical (unpaired) electrons. The lowest BCUT2D eigenvalue weighted by Crippen LogP contribution is -2.41. The van der Waals surface area contributed by atoms with Crippen LogP contribution in [0.1, 0.15) is 37.2 Å². The summed E-state index contributed by atoms with van der Waals surface area (Å²) in [5.41, 5.74) is 2.08. The topological polar surface area (TPSA) is 78.4 Å². The highest BCUT2D eigenvalue weighted by atomic mass is 16.4. The van der Waals surface area contributed by atoms with Crippen molar-refractivity contribution in [2.24, 2.45) is 5.92 Å². The van der Waals surface area contributed by atoms with Crippen LogP contribution in [0.5, 0.6) is 0 Å². The van der Waals surface area contributed by atoms with Gasteiger partial charge >= 0.3 is 5.97 Å².